The van der Waals surface area contributed by atoms with Gasteiger partial charge < -0.3 is 16.0 Å². The highest BCUT2D eigenvalue weighted by atomic mass is 16.6. The average Bonchev–Trinajstić information content (AvgIpc) is 2.47. The van der Waals surface area contributed by atoms with Gasteiger partial charge in [-0.05, 0) is 32.1 Å². The molecule has 3 N–H and O–H groups in total. The van der Waals surface area contributed by atoms with Crippen LogP contribution >= 0.6 is 0 Å². The fourth-order valence-electron chi connectivity index (χ4n) is 2.05. The second kappa shape index (κ2) is 8.21. The minimum Gasteiger partial charge on any atom is -0.393 e. The van der Waals surface area contributed by atoms with Gasteiger partial charge in [-0.3, -0.25) is 14.9 Å². The van der Waals surface area contributed by atoms with E-state index in [2.05, 4.69) is 24.1 Å². The van der Waals surface area contributed by atoms with Gasteiger partial charge in [0.15, 0.2) is 0 Å². The van der Waals surface area contributed by atoms with Crippen molar-refractivity contribution in [2.24, 2.45) is 0 Å². The Labute approximate surface area is 124 Å². The largest absolute Gasteiger partial charge is 0.393 e. The van der Waals surface area contributed by atoms with Crippen LogP contribution in [0.5, 0.6) is 0 Å². The Hall–Kier alpha value is -2.15. The molecular weight excluding hydrogens is 272 g/mol. The van der Waals surface area contributed by atoms with Crippen molar-refractivity contribution in [3.63, 3.8) is 0 Å². The van der Waals surface area contributed by atoms with Crippen LogP contribution in [-0.2, 0) is 0 Å². The zero-order valence-electron chi connectivity index (χ0n) is 12.5. The van der Waals surface area contributed by atoms with Crippen LogP contribution in [-0.4, -0.2) is 41.9 Å². The quantitative estimate of drug-likeness (QED) is 0.328. The lowest BCUT2D eigenvalue weighted by molar-refractivity contribution is -0.383. The van der Waals surface area contributed by atoms with Crippen molar-refractivity contribution < 1.29 is 9.72 Å². The zero-order chi connectivity index (χ0) is 15.8. The molecule has 0 heterocycles. The van der Waals surface area contributed by atoms with Gasteiger partial charge in [0.2, 0.25) is 0 Å². The van der Waals surface area contributed by atoms with Gasteiger partial charge in [0.05, 0.1) is 10.5 Å². The highest BCUT2D eigenvalue weighted by Gasteiger charge is 2.18. The molecule has 0 aliphatic rings. The molecule has 0 fully saturated rings. The van der Waals surface area contributed by atoms with Crippen LogP contribution in [0.3, 0.4) is 0 Å². The van der Waals surface area contributed by atoms with E-state index in [1.165, 1.54) is 18.2 Å². The number of hydrogen-bond acceptors (Lipinski definition) is 5. The fourth-order valence-corrected chi connectivity index (χ4v) is 2.05. The van der Waals surface area contributed by atoms with Crippen molar-refractivity contribution in [1.82, 2.24) is 10.2 Å². The lowest BCUT2D eigenvalue weighted by Crippen LogP contribution is -2.30. The van der Waals surface area contributed by atoms with E-state index in [4.69, 9.17) is 5.73 Å². The molecule has 0 atom stereocenters. The zero-order valence-corrected chi connectivity index (χ0v) is 12.5. The number of para-hydroxylation sites is 1. The number of nitro groups is 1. The Balaban J connectivity index is 2.57. The van der Waals surface area contributed by atoms with Crippen molar-refractivity contribution in [1.29, 1.82) is 0 Å². The van der Waals surface area contributed by atoms with E-state index < -0.39 is 4.92 Å². The minimum atomic E-state index is -0.591. The van der Waals surface area contributed by atoms with Crippen LogP contribution in [0.4, 0.5) is 11.4 Å². The van der Waals surface area contributed by atoms with E-state index in [1.807, 2.05) is 0 Å². The Morgan fingerprint density at radius 3 is 2.62 bits per heavy atom. The topological polar surface area (TPSA) is 102 Å². The molecule has 21 heavy (non-hydrogen) atoms. The minimum absolute atomic E-state index is 0.0938. The first-order valence-electron chi connectivity index (χ1n) is 7.04. The van der Waals surface area contributed by atoms with Crippen LogP contribution in [0.2, 0.25) is 0 Å². The van der Waals surface area contributed by atoms with E-state index >= 15 is 0 Å². The first kappa shape index (κ1) is 16.9. The highest BCUT2D eigenvalue weighted by Crippen LogP contribution is 2.24. The van der Waals surface area contributed by atoms with Gasteiger partial charge in [-0.15, -0.1) is 0 Å². The monoisotopic (exact) mass is 294 g/mol. The summed E-state index contributed by atoms with van der Waals surface area (Å²) < 4.78 is 0. The summed E-state index contributed by atoms with van der Waals surface area (Å²) in [6.45, 7) is 7.54. The number of carbonyl (C=O) groups excluding carboxylic acids is 1. The van der Waals surface area contributed by atoms with Gasteiger partial charge in [-0.25, -0.2) is 0 Å². The van der Waals surface area contributed by atoms with Gasteiger partial charge in [0.25, 0.3) is 11.6 Å². The molecule has 0 bridgehead atoms. The van der Waals surface area contributed by atoms with Gasteiger partial charge in [0, 0.05) is 12.6 Å². The summed E-state index contributed by atoms with van der Waals surface area (Å²) in [5, 5.41) is 13.5. The second-order valence-electron chi connectivity index (χ2n) is 4.63. The molecule has 1 rings (SSSR count). The molecule has 1 amide bonds. The molecule has 0 radical (unpaired) electrons. The first-order valence-corrected chi connectivity index (χ1v) is 7.04. The molecular formula is C14H22N4O3. The molecule has 0 unspecified atom stereocenters. The number of carbonyl (C=O) groups is 1. The number of anilines is 1. The molecule has 0 spiro atoms. The second-order valence-corrected chi connectivity index (χ2v) is 4.63. The average molecular weight is 294 g/mol. The summed E-state index contributed by atoms with van der Waals surface area (Å²) in [7, 11) is 0. The maximum atomic E-state index is 12.0. The van der Waals surface area contributed by atoms with Crippen molar-refractivity contribution >= 4 is 17.3 Å². The summed E-state index contributed by atoms with van der Waals surface area (Å²) in [4.78, 5) is 24.5. The summed E-state index contributed by atoms with van der Waals surface area (Å²) in [6.07, 6.45) is 0.822. The molecule has 0 aliphatic carbocycles. The molecule has 116 valence electrons. The van der Waals surface area contributed by atoms with Gasteiger partial charge in [-0.1, -0.05) is 19.9 Å². The van der Waals surface area contributed by atoms with Crippen LogP contribution in [0.25, 0.3) is 0 Å². The third kappa shape index (κ3) is 4.71. The predicted molar refractivity (Wildman–Crippen MR) is 82.2 cm³/mol. The van der Waals surface area contributed by atoms with Crippen molar-refractivity contribution in [3.05, 3.63) is 33.9 Å². The summed E-state index contributed by atoms with van der Waals surface area (Å²) >= 11 is 0. The number of nitrogens with one attached hydrogen (secondary N) is 1. The number of nitro benzene ring substituents is 1. The number of nitrogen functional groups attached to an aromatic ring is 1. The number of nitrogens with two attached hydrogens (primary N) is 1. The summed E-state index contributed by atoms with van der Waals surface area (Å²) in [6, 6.07) is 4.23. The van der Waals surface area contributed by atoms with E-state index in [0.29, 0.717) is 6.54 Å². The van der Waals surface area contributed by atoms with E-state index in [0.717, 1.165) is 26.1 Å². The molecule has 7 heteroatoms. The maximum absolute atomic E-state index is 12.0. The maximum Gasteiger partial charge on any atom is 0.292 e. The number of hydrogen-bond donors (Lipinski definition) is 2. The Kier molecular flexibility index (Phi) is 6.61. The first-order chi connectivity index (χ1) is 10.0. The molecule has 7 nitrogen and oxygen atoms in total. The fraction of sp³-hybridized carbons (Fsp3) is 0.500. The molecule has 1 aromatic carbocycles. The standard InChI is InChI=1S/C14H22N4O3/c1-3-17(4-2)10-6-9-16-14(19)11-7-5-8-12(13(11)15)18(20)21/h5,7-8H,3-4,6,9-10,15H2,1-2H3,(H,16,19). The summed E-state index contributed by atoms with van der Waals surface area (Å²) in [5.74, 6) is -0.379. The smallest absolute Gasteiger partial charge is 0.292 e. The van der Waals surface area contributed by atoms with Crippen LogP contribution < -0.4 is 11.1 Å². The SMILES string of the molecule is CCN(CC)CCCNC(=O)c1cccc([N+](=O)[O-])c1N. The summed E-state index contributed by atoms with van der Waals surface area (Å²) in [5.41, 5.74) is 5.48. The number of benzene rings is 1. The van der Waals surface area contributed by atoms with Crippen LogP contribution in [0.1, 0.15) is 30.6 Å². The lowest BCUT2D eigenvalue weighted by atomic mass is 10.1. The Morgan fingerprint density at radius 2 is 2.05 bits per heavy atom. The van der Waals surface area contributed by atoms with E-state index in [9.17, 15) is 14.9 Å². The van der Waals surface area contributed by atoms with Gasteiger partial charge in [-0.2, -0.15) is 0 Å². The molecule has 0 saturated carbocycles. The third-order valence-electron chi connectivity index (χ3n) is 3.36. The Bertz CT molecular complexity index is 501. The number of amides is 1. The van der Waals surface area contributed by atoms with Gasteiger partial charge in [0.1, 0.15) is 5.69 Å². The van der Waals surface area contributed by atoms with Gasteiger partial charge >= 0.3 is 0 Å². The number of nitrogens with zero attached hydrogens (tertiary/aromatic N) is 2. The van der Waals surface area contributed by atoms with Crippen LogP contribution in [0.15, 0.2) is 18.2 Å². The lowest BCUT2D eigenvalue weighted by Gasteiger charge is -2.17. The highest BCUT2D eigenvalue weighted by molar-refractivity contribution is 6.00. The third-order valence-corrected chi connectivity index (χ3v) is 3.36. The molecule has 0 aromatic heterocycles. The molecule has 1 aromatic rings. The van der Waals surface area contributed by atoms with Crippen molar-refractivity contribution in [3.8, 4) is 0 Å². The Morgan fingerprint density at radius 1 is 1.38 bits per heavy atom. The number of rotatable bonds is 8. The van der Waals surface area contributed by atoms with Crippen LogP contribution in [0, 0.1) is 10.1 Å². The van der Waals surface area contributed by atoms with E-state index in [-0.39, 0.29) is 22.8 Å². The van der Waals surface area contributed by atoms with Crippen molar-refractivity contribution in [2.45, 2.75) is 20.3 Å². The predicted octanol–water partition coefficient (Wildman–Crippen LogP) is 1.64. The molecule has 0 aliphatic heterocycles. The van der Waals surface area contributed by atoms with E-state index in [1.54, 1.807) is 0 Å². The normalized spacial score (nSPS) is 10.6. The molecule has 0 saturated heterocycles. The van der Waals surface area contributed by atoms with Crippen molar-refractivity contribution in [2.75, 3.05) is 31.9 Å².